The lowest BCUT2D eigenvalue weighted by Gasteiger charge is -2.18. The first-order chi connectivity index (χ1) is 7.90. The maximum absolute atomic E-state index is 12.6. The number of nitrogens with one attached hydrogen (secondary N) is 1. The molecule has 0 amide bonds. The predicted octanol–water partition coefficient (Wildman–Crippen LogP) is 3.02. The third-order valence-corrected chi connectivity index (χ3v) is 2.72. The molecule has 1 rings (SSSR count). The van der Waals surface area contributed by atoms with E-state index in [0.29, 0.717) is 0 Å². The van der Waals surface area contributed by atoms with Crippen molar-refractivity contribution < 1.29 is 22.7 Å². The van der Waals surface area contributed by atoms with Crippen LogP contribution in [0.1, 0.15) is 22.0 Å². The Kier molecular flexibility index (Phi) is 4.75. The lowest BCUT2D eigenvalue weighted by molar-refractivity contribution is -0.151. The molecule has 0 aliphatic rings. The van der Waals surface area contributed by atoms with Crippen LogP contribution < -0.4 is 3.53 Å². The smallest absolute Gasteiger partial charge is 0.408 e. The summed E-state index contributed by atoms with van der Waals surface area (Å²) >= 11 is 1.45. The number of ether oxygens (including phenoxy) is 1. The van der Waals surface area contributed by atoms with E-state index in [1.165, 1.54) is 54.2 Å². The molecule has 1 unspecified atom stereocenters. The van der Waals surface area contributed by atoms with Crippen LogP contribution in [-0.2, 0) is 4.74 Å². The molecule has 1 atom stereocenters. The summed E-state index contributed by atoms with van der Waals surface area (Å²) in [5.74, 6) is -0.581. The highest BCUT2D eigenvalue weighted by atomic mass is 127. The van der Waals surface area contributed by atoms with Crippen LogP contribution in [-0.4, -0.2) is 19.3 Å². The fourth-order valence-electron chi connectivity index (χ4n) is 1.24. The molecule has 0 bridgehead atoms. The van der Waals surface area contributed by atoms with Gasteiger partial charge in [0.2, 0.25) is 0 Å². The number of hydrogen-bond donors (Lipinski definition) is 1. The van der Waals surface area contributed by atoms with Gasteiger partial charge >= 0.3 is 12.1 Å². The van der Waals surface area contributed by atoms with Gasteiger partial charge in [0.25, 0.3) is 0 Å². The van der Waals surface area contributed by atoms with Crippen molar-refractivity contribution in [3.05, 3.63) is 35.4 Å². The molecule has 0 saturated heterocycles. The molecule has 0 aliphatic carbocycles. The number of esters is 1. The molecule has 7 heteroatoms. The topological polar surface area (TPSA) is 38.3 Å². The summed E-state index contributed by atoms with van der Waals surface area (Å²) in [7, 11) is 1.21. The van der Waals surface area contributed by atoms with E-state index in [0.717, 1.165) is 0 Å². The van der Waals surface area contributed by atoms with Crippen molar-refractivity contribution in [1.29, 1.82) is 0 Å². The second-order valence-corrected chi connectivity index (χ2v) is 3.82. The van der Waals surface area contributed by atoms with Gasteiger partial charge < -0.3 is 4.74 Å². The minimum atomic E-state index is -4.38. The van der Waals surface area contributed by atoms with E-state index in [-0.39, 0.29) is 11.1 Å². The van der Waals surface area contributed by atoms with Crippen LogP contribution in [0.3, 0.4) is 0 Å². The summed E-state index contributed by atoms with van der Waals surface area (Å²) in [6.07, 6.45) is -4.38. The van der Waals surface area contributed by atoms with E-state index in [2.05, 4.69) is 8.27 Å². The van der Waals surface area contributed by atoms with Crippen molar-refractivity contribution in [1.82, 2.24) is 3.53 Å². The molecule has 0 heterocycles. The van der Waals surface area contributed by atoms with Crippen LogP contribution in [0.2, 0.25) is 0 Å². The van der Waals surface area contributed by atoms with Gasteiger partial charge in [-0.15, -0.1) is 0 Å². The molecule has 0 saturated carbocycles. The Morgan fingerprint density at radius 1 is 1.35 bits per heavy atom. The molecular weight excluding hydrogens is 350 g/mol. The van der Waals surface area contributed by atoms with Crippen molar-refractivity contribution in [2.24, 2.45) is 0 Å². The summed E-state index contributed by atoms with van der Waals surface area (Å²) < 4.78 is 44.3. The van der Waals surface area contributed by atoms with Crippen molar-refractivity contribution in [3.8, 4) is 0 Å². The maximum Gasteiger partial charge on any atom is 0.408 e. The lowest BCUT2D eigenvalue weighted by atomic mass is 10.1. The summed E-state index contributed by atoms with van der Waals surface area (Å²) in [5, 5.41) is 0. The highest BCUT2D eigenvalue weighted by molar-refractivity contribution is 14.1. The number of methoxy groups -OCH3 is 1. The summed E-state index contributed by atoms with van der Waals surface area (Å²) in [5.41, 5.74) is 0.255. The normalized spacial score (nSPS) is 13.2. The van der Waals surface area contributed by atoms with Crippen LogP contribution >= 0.6 is 22.9 Å². The van der Waals surface area contributed by atoms with Crippen LogP contribution in [0.25, 0.3) is 0 Å². The van der Waals surface area contributed by atoms with Gasteiger partial charge in [-0.3, -0.25) is 0 Å². The third kappa shape index (κ3) is 3.56. The standard InChI is InChI=1S/C10H9F3INO2/c1-17-9(16)7-4-2-6(3-5-7)8(15-14)10(11,12)13/h2-5,8,15H,1H3. The first kappa shape index (κ1) is 14.2. The summed E-state index contributed by atoms with van der Waals surface area (Å²) in [6.45, 7) is 0. The number of benzene rings is 1. The first-order valence-corrected chi connectivity index (χ1v) is 5.59. The molecule has 94 valence electrons. The van der Waals surface area contributed by atoms with E-state index in [9.17, 15) is 18.0 Å². The van der Waals surface area contributed by atoms with Gasteiger partial charge in [0.15, 0.2) is 0 Å². The number of hydrogen-bond acceptors (Lipinski definition) is 3. The van der Waals surface area contributed by atoms with E-state index in [4.69, 9.17) is 0 Å². The van der Waals surface area contributed by atoms with E-state index in [1.54, 1.807) is 0 Å². The maximum atomic E-state index is 12.6. The second kappa shape index (κ2) is 5.67. The molecule has 17 heavy (non-hydrogen) atoms. The van der Waals surface area contributed by atoms with Gasteiger partial charge in [0, 0.05) is 22.9 Å². The van der Waals surface area contributed by atoms with E-state index in [1.807, 2.05) is 0 Å². The molecule has 1 N–H and O–H groups in total. The lowest BCUT2D eigenvalue weighted by Crippen LogP contribution is -2.28. The number of alkyl halides is 3. The number of halogens is 4. The number of carbonyl (C=O) groups is 1. The van der Waals surface area contributed by atoms with Crippen LogP contribution in [0, 0.1) is 0 Å². The van der Waals surface area contributed by atoms with Crippen molar-refractivity contribution in [3.63, 3.8) is 0 Å². The van der Waals surface area contributed by atoms with E-state index < -0.39 is 18.2 Å². The Morgan fingerprint density at radius 2 is 1.88 bits per heavy atom. The minimum absolute atomic E-state index is 0.0413. The quantitative estimate of drug-likeness (QED) is 0.512. The van der Waals surface area contributed by atoms with Crippen molar-refractivity contribution in [2.45, 2.75) is 12.2 Å². The monoisotopic (exact) mass is 359 g/mol. The predicted molar refractivity (Wildman–Crippen MR) is 63.7 cm³/mol. The Hall–Kier alpha value is -0.830. The highest BCUT2D eigenvalue weighted by Gasteiger charge is 2.40. The fourth-order valence-corrected chi connectivity index (χ4v) is 1.96. The molecule has 0 aliphatic heterocycles. The van der Waals surface area contributed by atoms with Gasteiger partial charge in [-0.2, -0.15) is 13.2 Å². The molecule has 0 spiro atoms. The largest absolute Gasteiger partial charge is 0.465 e. The Labute approximate surface area is 110 Å². The zero-order chi connectivity index (χ0) is 13.1. The molecular formula is C10H9F3INO2. The molecule has 1 aromatic carbocycles. The summed E-state index contributed by atoms with van der Waals surface area (Å²) in [6, 6.07) is 3.34. The second-order valence-electron chi connectivity index (χ2n) is 3.20. The molecule has 0 radical (unpaired) electrons. The fraction of sp³-hybridized carbons (Fsp3) is 0.300. The van der Waals surface area contributed by atoms with Gasteiger partial charge in [0.1, 0.15) is 6.04 Å². The third-order valence-electron chi connectivity index (χ3n) is 2.10. The molecule has 1 aromatic rings. The average Bonchev–Trinajstić information content (AvgIpc) is 2.28. The Balaban J connectivity index is 2.97. The average molecular weight is 359 g/mol. The SMILES string of the molecule is COC(=O)c1ccc(C(NI)C(F)(F)F)cc1. The van der Waals surface area contributed by atoms with Gasteiger partial charge in [0.05, 0.1) is 12.7 Å². The first-order valence-electron chi connectivity index (χ1n) is 4.51. The number of carbonyl (C=O) groups excluding carboxylic acids is 1. The zero-order valence-corrected chi connectivity index (χ0v) is 10.9. The molecule has 0 aromatic heterocycles. The Morgan fingerprint density at radius 3 is 2.24 bits per heavy atom. The molecule has 3 nitrogen and oxygen atoms in total. The number of rotatable bonds is 3. The van der Waals surface area contributed by atoms with Crippen molar-refractivity contribution >= 4 is 28.8 Å². The Bertz CT molecular complexity index is 392. The van der Waals surface area contributed by atoms with Crippen LogP contribution in [0.5, 0.6) is 0 Å². The van der Waals surface area contributed by atoms with Crippen molar-refractivity contribution in [2.75, 3.05) is 7.11 Å². The van der Waals surface area contributed by atoms with Gasteiger partial charge in [-0.25, -0.2) is 8.32 Å². The highest BCUT2D eigenvalue weighted by Crippen LogP contribution is 2.33. The van der Waals surface area contributed by atoms with Gasteiger partial charge in [-0.05, 0) is 17.7 Å². The molecule has 0 fully saturated rings. The zero-order valence-electron chi connectivity index (χ0n) is 8.72. The van der Waals surface area contributed by atoms with Crippen LogP contribution in [0.4, 0.5) is 13.2 Å². The van der Waals surface area contributed by atoms with Gasteiger partial charge in [-0.1, -0.05) is 12.1 Å². The minimum Gasteiger partial charge on any atom is -0.465 e. The van der Waals surface area contributed by atoms with E-state index >= 15 is 0 Å². The van der Waals surface area contributed by atoms with Crippen LogP contribution in [0.15, 0.2) is 24.3 Å². The summed E-state index contributed by atoms with van der Waals surface area (Å²) in [4.78, 5) is 11.1.